The molecule has 1 atom stereocenters. The van der Waals surface area contributed by atoms with Gasteiger partial charge in [0.15, 0.2) is 0 Å². The van der Waals surface area contributed by atoms with Gasteiger partial charge in [-0.1, -0.05) is 0 Å². The van der Waals surface area contributed by atoms with E-state index >= 15 is 0 Å². The first kappa shape index (κ1) is 17.3. The zero-order chi connectivity index (χ0) is 16.4. The lowest BCUT2D eigenvalue weighted by molar-refractivity contribution is -0.143. The van der Waals surface area contributed by atoms with Crippen LogP contribution in [0.15, 0.2) is 18.2 Å². The van der Waals surface area contributed by atoms with Crippen molar-refractivity contribution < 1.29 is 35.9 Å². The van der Waals surface area contributed by atoms with Crippen LogP contribution < -0.4 is 5.73 Å². The summed E-state index contributed by atoms with van der Waals surface area (Å²) in [6.45, 7) is 0. The number of esters is 1. The van der Waals surface area contributed by atoms with E-state index in [0.29, 0.717) is 18.2 Å². The number of alkyl halides is 6. The monoisotopic (exact) mass is 315 g/mol. The Bertz CT molecular complexity index is 523. The first-order chi connectivity index (χ1) is 9.46. The van der Waals surface area contributed by atoms with Crippen molar-refractivity contribution in [1.29, 1.82) is 0 Å². The molecule has 118 valence electrons. The molecule has 1 rings (SSSR count). The minimum absolute atomic E-state index is 0.322. The first-order valence-electron chi connectivity index (χ1n) is 5.57. The summed E-state index contributed by atoms with van der Waals surface area (Å²) in [6, 6.07) is -0.497. The number of carbonyl (C=O) groups excluding carboxylic acids is 1. The molecule has 1 aromatic rings. The SMILES string of the molecule is COC(=O)[C@@H](N)Cc1cc(C(F)(F)F)ccc1C(F)(F)F. The first-order valence-corrected chi connectivity index (χ1v) is 5.57. The molecular weight excluding hydrogens is 304 g/mol. The van der Waals surface area contributed by atoms with Gasteiger partial charge in [0.25, 0.3) is 0 Å². The summed E-state index contributed by atoms with van der Waals surface area (Å²) in [4.78, 5) is 11.1. The van der Waals surface area contributed by atoms with Crippen molar-refractivity contribution in [3.05, 3.63) is 34.9 Å². The third kappa shape index (κ3) is 4.35. The van der Waals surface area contributed by atoms with E-state index in [1.54, 1.807) is 0 Å². The number of ether oxygens (including phenoxy) is 1. The molecule has 0 aliphatic carbocycles. The highest BCUT2D eigenvalue weighted by atomic mass is 19.4. The van der Waals surface area contributed by atoms with Crippen molar-refractivity contribution in [2.75, 3.05) is 7.11 Å². The van der Waals surface area contributed by atoms with Crippen molar-refractivity contribution in [2.45, 2.75) is 24.8 Å². The molecule has 0 bridgehead atoms. The van der Waals surface area contributed by atoms with E-state index in [1.807, 2.05) is 0 Å². The highest BCUT2D eigenvalue weighted by Gasteiger charge is 2.37. The number of hydrogen-bond donors (Lipinski definition) is 1. The van der Waals surface area contributed by atoms with Gasteiger partial charge in [-0.15, -0.1) is 0 Å². The summed E-state index contributed by atoms with van der Waals surface area (Å²) >= 11 is 0. The quantitative estimate of drug-likeness (QED) is 0.689. The number of methoxy groups -OCH3 is 1. The maximum atomic E-state index is 12.8. The highest BCUT2D eigenvalue weighted by molar-refractivity contribution is 5.75. The van der Waals surface area contributed by atoms with Crippen molar-refractivity contribution >= 4 is 5.97 Å². The average molecular weight is 315 g/mol. The summed E-state index contributed by atoms with van der Waals surface area (Å²) in [5, 5.41) is 0. The van der Waals surface area contributed by atoms with Gasteiger partial charge in [0, 0.05) is 0 Å². The van der Waals surface area contributed by atoms with Crippen LogP contribution in [0, 0.1) is 0 Å². The molecule has 9 heteroatoms. The van der Waals surface area contributed by atoms with Crippen LogP contribution in [-0.2, 0) is 28.3 Å². The van der Waals surface area contributed by atoms with E-state index in [-0.39, 0.29) is 0 Å². The van der Waals surface area contributed by atoms with Crippen LogP contribution in [0.3, 0.4) is 0 Å². The zero-order valence-corrected chi connectivity index (χ0v) is 10.7. The molecule has 21 heavy (non-hydrogen) atoms. The molecule has 0 amide bonds. The standard InChI is InChI=1S/C12H11F6NO2/c1-21-10(20)9(19)5-6-4-7(11(13,14)15)2-3-8(6)12(16,17)18/h2-4,9H,5,19H2,1H3/t9-/m0/s1. The lowest BCUT2D eigenvalue weighted by Gasteiger charge is -2.17. The van der Waals surface area contributed by atoms with Gasteiger partial charge in [-0.3, -0.25) is 4.79 Å². The van der Waals surface area contributed by atoms with Crippen LogP contribution in [0.5, 0.6) is 0 Å². The van der Waals surface area contributed by atoms with E-state index in [1.165, 1.54) is 0 Å². The minimum Gasteiger partial charge on any atom is -0.468 e. The fourth-order valence-electron chi connectivity index (χ4n) is 1.69. The molecule has 3 nitrogen and oxygen atoms in total. The van der Waals surface area contributed by atoms with E-state index in [9.17, 15) is 31.1 Å². The number of benzene rings is 1. The van der Waals surface area contributed by atoms with Gasteiger partial charge in [0.2, 0.25) is 0 Å². The van der Waals surface area contributed by atoms with Crippen LogP contribution in [0.25, 0.3) is 0 Å². The second-order valence-electron chi connectivity index (χ2n) is 4.20. The normalized spacial score (nSPS) is 13.9. The maximum absolute atomic E-state index is 12.8. The van der Waals surface area contributed by atoms with Crippen LogP contribution in [-0.4, -0.2) is 19.1 Å². The van der Waals surface area contributed by atoms with Crippen LogP contribution in [0.1, 0.15) is 16.7 Å². The Kier molecular flexibility index (Phi) is 4.87. The molecule has 0 saturated carbocycles. The molecule has 0 fully saturated rings. The maximum Gasteiger partial charge on any atom is 0.416 e. The van der Waals surface area contributed by atoms with Crippen molar-refractivity contribution in [3.8, 4) is 0 Å². The Morgan fingerprint density at radius 2 is 1.76 bits per heavy atom. The summed E-state index contributed by atoms with van der Waals surface area (Å²) in [5.74, 6) is -1.01. The van der Waals surface area contributed by atoms with Crippen LogP contribution in [0.4, 0.5) is 26.3 Å². The topological polar surface area (TPSA) is 52.3 Å². The molecule has 0 saturated heterocycles. The van der Waals surface area contributed by atoms with Crippen LogP contribution in [0.2, 0.25) is 0 Å². The van der Waals surface area contributed by atoms with Gasteiger partial charge >= 0.3 is 18.3 Å². The lowest BCUT2D eigenvalue weighted by Crippen LogP contribution is -2.34. The second kappa shape index (κ2) is 5.92. The Labute approximate surface area is 115 Å². The van der Waals surface area contributed by atoms with Gasteiger partial charge < -0.3 is 10.5 Å². The average Bonchev–Trinajstić information content (AvgIpc) is 2.35. The number of rotatable bonds is 3. The van der Waals surface area contributed by atoms with Gasteiger partial charge in [-0.25, -0.2) is 0 Å². The molecule has 0 aliphatic rings. The molecule has 0 spiro atoms. The Hall–Kier alpha value is -1.77. The van der Waals surface area contributed by atoms with Gasteiger partial charge in [0.1, 0.15) is 6.04 Å². The fourth-order valence-corrected chi connectivity index (χ4v) is 1.69. The number of carbonyl (C=O) groups is 1. The summed E-state index contributed by atoms with van der Waals surface area (Å²) < 4.78 is 80.2. The van der Waals surface area contributed by atoms with Gasteiger partial charge in [-0.2, -0.15) is 26.3 Å². The second-order valence-corrected chi connectivity index (χ2v) is 4.20. The number of nitrogens with two attached hydrogens (primary N) is 1. The third-order valence-corrected chi connectivity index (χ3v) is 2.68. The van der Waals surface area contributed by atoms with E-state index in [2.05, 4.69) is 4.74 Å². The fraction of sp³-hybridized carbons (Fsp3) is 0.417. The smallest absolute Gasteiger partial charge is 0.416 e. The van der Waals surface area contributed by atoms with Crippen LogP contribution >= 0.6 is 0 Å². The summed E-state index contributed by atoms with van der Waals surface area (Å²) in [6.07, 6.45) is -10.4. The largest absolute Gasteiger partial charge is 0.468 e. The molecule has 0 radical (unpaired) electrons. The predicted molar refractivity (Wildman–Crippen MR) is 60.1 cm³/mol. The Morgan fingerprint density at radius 1 is 1.19 bits per heavy atom. The van der Waals surface area contributed by atoms with E-state index < -0.39 is 47.5 Å². The van der Waals surface area contributed by atoms with E-state index in [0.717, 1.165) is 7.11 Å². The van der Waals surface area contributed by atoms with Crippen molar-refractivity contribution in [2.24, 2.45) is 5.73 Å². The van der Waals surface area contributed by atoms with Gasteiger partial charge in [-0.05, 0) is 30.2 Å². The molecule has 0 unspecified atom stereocenters. The Balaban J connectivity index is 3.27. The molecule has 0 aromatic heterocycles. The predicted octanol–water partition coefficient (Wildman–Crippen LogP) is 2.77. The molecule has 0 aliphatic heterocycles. The number of hydrogen-bond acceptors (Lipinski definition) is 3. The highest BCUT2D eigenvalue weighted by Crippen LogP contribution is 2.36. The third-order valence-electron chi connectivity index (χ3n) is 2.68. The van der Waals surface area contributed by atoms with Crippen molar-refractivity contribution in [1.82, 2.24) is 0 Å². The van der Waals surface area contributed by atoms with Crippen molar-refractivity contribution in [3.63, 3.8) is 0 Å². The molecule has 0 heterocycles. The number of halogens is 6. The zero-order valence-electron chi connectivity index (χ0n) is 10.7. The minimum atomic E-state index is -4.85. The molecule has 1 aromatic carbocycles. The Morgan fingerprint density at radius 3 is 2.19 bits per heavy atom. The molecule has 2 N–H and O–H groups in total. The molecular formula is C12H11F6NO2. The van der Waals surface area contributed by atoms with Gasteiger partial charge in [0.05, 0.1) is 18.2 Å². The summed E-state index contributed by atoms with van der Waals surface area (Å²) in [5.41, 5.74) is 2.08. The lowest BCUT2D eigenvalue weighted by atomic mass is 9.97. The summed E-state index contributed by atoms with van der Waals surface area (Å²) in [7, 11) is 0.971. The van der Waals surface area contributed by atoms with E-state index in [4.69, 9.17) is 5.73 Å².